The molecule has 24 heavy (non-hydrogen) atoms. The number of hydrogen-bond acceptors (Lipinski definition) is 4. The topological polar surface area (TPSA) is 103 Å². The van der Waals surface area contributed by atoms with E-state index in [9.17, 15) is 4.79 Å². The Morgan fingerprint density at radius 3 is 2.75 bits per heavy atom. The minimum absolute atomic E-state index is 0.00172. The second-order valence-electron chi connectivity index (χ2n) is 6.59. The molecule has 1 aliphatic heterocycles. The van der Waals surface area contributed by atoms with Gasteiger partial charge in [0.15, 0.2) is 5.79 Å². The van der Waals surface area contributed by atoms with Crippen LogP contribution in [0, 0.1) is 0 Å². The molecule has 5 N–H and O–H groups in total. The van der Waals surface area contributed by atoms with Crippen LogP contribution in [0.25, 0.3) is 10.9 Å². The Labute approximate surface area is 144 Å². The average Bonchev–Trinajstić information content (AvgIpc) is 3.12. The van der Waals surface area contributed by atoms with Crippen LogP contribution in [0.1, 0.15) is 41.2 Å². The van der Waals surface area contributed by atoms with Crippen molar-refractivity contribution in [1.29, 1.82) is 0 Å². The highest BCUT2D eigenvalue weighted by molar-refractivity contribution is 6.31. The summed E-state index contributed by atoms with van der Waals surface area (Å²) in [5, 5.41) is 1.52. The Bertz CT molecular complexity index is 798. The van der Waals surface area contributed by atoms with Crippen molar-refractivity contribution in [3.05, 3.63) is 34.5 Å². The van der Waals surface area contributed by atoms with E-state index >= 15 is 0 Å². The predicted octanol–water partition coefficient (Wildman–Crippen LogP) is 2.26. The number of ether oxygens (including phenoxy) is 2. The summed E-state index contributed by atoms with van der Waals surface area (Å²) in [6.45, 7) is 1.21. The number of halogens is 1. The van der Waals surface area contributed by atoms with E-state index in [4.69, 9.17) is 32.5 Å². The first-order valence-corrected chi connectivity index (χ1v) is 8.51. The number of amides is 1. The maximum atomic E-state index is 11.9. The molecule has 7 heteroatoms. The monoisotopic (exact) mass is 349 g/mol. The standard InChI is InChI=1S/C17H20ClN3O3/c18-9-1-2-13-11(7-9)14(15(21-13)16(20)22)10-3-4-17(8-12(10)19)23-5-6-24-17/h1-2,7,10,12,21H,3-6,8,19H2,(H2,20,22)/t10-,12-/m1/s1. The van der Waals surface area contributed by atoms with Crippen LogP contribution in [0.5, 0.6) is 0 Å². The zero-order valence-corrected chi connectivity index (χ0v) is 13.9. The number of carbonyl (C=O) groups excluding carboxylic acids is 1. The molecule has 1 aliphatic carbocycles. The average molecular weight is 350 g/mol. The molecule has 0 radical (unpaired) electrons. The van der Waals surface area contributed by atoms with E-state index in [1.54, 1.807) is 6.07 Å². The number of aromatic amines is 1. The van der Waals surface area contributed by atoms with E-state index in [0.717, 1.165) is 29.3 Å². The summed E-state index contributed by atoms with van der Waals surface area (Å²) in [6.07, 6.45) is 2.11. The summed E-state index contributed by atoms with van der Waals surface area (Å²) in [4.78, 5) is 15.1. The van der Waals surface area contributed by atoms with Gasteiger partial charge in [0.2, 0.25) is 0 Å². The van der Waals surface area contributed by atoms with Crippen molar-refractivity contribution in [3.8, 4) is 0 Å². The first kappa shape index (κ1) is 15.9. The number of aromatic nitrogens is 1. The molecule has 128 valence electrons. The summed E-state index contributed by atoms with van der Waals surface area (Å²) in [5.74, 6) is -1.05. The van der Waals surface area contributed by atoms with Crippen LogP contribution in [0.4, 0.5) is 0 Å². The summed E-state index contributed by atoms with van der Waals surface area (Å²) < 4.78 is 11.6. The SMILES string of the molecule is NC(=O)c1[nH]c2ccc(Cl)cc2c1[C@@H]1CCC2(C[C@H]1N)OCCO2. The number of hydrogen-bond donors (Lipinski definition) is 3. The van der Waals surface area contributed by atoms with E-state index in [2.05, 4.69) is 4.98 Å². The molecular weight excluding hydrogens is 330 g/mol. The molecular formula is C17H20ClN3O3. The van der Waals surface area contributed by atoms with Gasteiger partial charge in [-0.3, -0.25) is 4.79 Å². The molecule has 1 aromatic heterocycles. The van der Waals surface area contributed by atoms with Crippen LogP contribution in [0.2, 0.25) is 5.02 Å². The smallest absolute Gasteiger partial charge is 0.265 e. The zero-order valence-electron chi connectivity index (χ0n) is 13.2. The molecule has 1 spiro atoms. The number of benzene rings is 1. The van der Waals surface area contributed by atoms with Crippen molar-refractivity contribution >= 4 is 28.4 Å². The second kappa shape index (κ2) is 5.74. The van der Waals surface area contributed by atoms with Crippen LogP contribution in [-0.2, 0) is 9.47 Å². The molecule has 0 unspecified atom stereocenters. The molecule has 1 aromatic carbocycles. The number of rotatable bonds is 2. The normalized spacial score (nSPS) is 26.2. The molecule has 2 fully saturated rings. The Kier molecular flexibility index (Phi) is 3.80. The third kappa shape index (κ3) is 2.50. The molecule has 4 rings (SSSR count). The van der Waals surface area contributed by atoms with Crippen molar-refractivity contribution in [2.75, 3.05) is 13.2 Å². The lowest BCUT2D eigenvalue weighted by Gasteiger charge is -2.39. The highest BCUT2D eigenvalue weighted by Crippen LogP contribution is 2.44. The number of fused-ring (bicyclic) bond motifs is 1. The highest BCUT2D eigenvalue weighted by Gasteiger charge is 2.45. The van der Waals surface area contributed by atoms with Crippen LogP contribution >= 0.6 is 11.6 Å². The Hall–Kier alpha value is -1.60. The van der Waals surface area contributed by atoms with Gasteiger partial charge in [-0.1, -0.05) is 11.6 Å². The molecule has 1 saturated carbocycles. The summed E-state index contributed by atoms with van der Waals surface area (Å²) in [6, 6.07) is 5.31. The van der Waals surface area contributed by atoms with Crippen molar-refractivity contribution < 1.29 is 14.3 Å². The van der Waals surface area contributed by atoms with Gasteiger partial charge in [0.05, 0.1) is 13.2 Å². The maximum Gasteiger partial charge on any atom is 0.265 e. The molecule has 2 atom stereocenters. The maximum absolute atomic E-state index is 11.9. The van der Waals surface area contributed by atoms with Gasteiger partial charge < -0.3 is 25.9 Å². The number of carbonyl (C=O) groups is 1. The largest absolute Gasteiger partial charge is 0.364 e. The fraction of sp³-hybridized carbons (Fsp3) is 0.471. The molecule has 1 saturated heterocycles. The first-order chi connectivity index (χ1) is 11.5. The fourth-order valence-electron chi connectivity index (χ4n) is 4.07. The van der Waals surface area contributed by atoms with Gasteiger partial charge in [0.1, 0.15) is 5.69 Å². The van der Waals surface area contributed by atoms with Gasteiger partial charge in [-0.2, -0.15) is 0 Å². The van der Waals surface area contributed by atoms with Crippen LogP contribution in [0.3, 0.4) is 0 Å². The number of H-pyrrole nitrogens is 1. The van der Waals surface area contributed by atoms with E-state index in [1.807, 2.05) is 12.1 Å². The predicted molar refractivity (Wildman–Crippen MR) is 91.0 cm³/mol. The van der Waals surface area contributed by atoms with Gasteiger partial charge >= 0.3 is 0 Å². The lowest BCUT2D eigenvalue weighted by molar-refractivity contribution is -0.182. The fourth-order valence-corrected chi connectivity index (χ4v) is 4.25. The zero-order chi connectivity index (χ0) is 16.9. The van der Waals surface area contributed by atoms with Crippen LogP contribution in [0.15, 0.2) is 18.2 Å². The minimum Gasteiger partial charge on any atom is -0.364 e. The van der Waals surface area contributed by atoms with Crippen LogP contribution < -0.4 is 11.5 Å². The third-order valence-electron chi connectivity index (χ3n) is 5.13. The third-order valence-corrected chi connectivity index (χ3v) is 5.37. The van der Waals surface area contributed by atoms with E-state index in [1.165, 1.54) is 0 Å². The summed E-state index contributed by atoms with van der Waals surface area (Å²) in [5.41, 5.74) is 14.2. The van der Waals surface area contributed by atoms with E-state index in [0.29, 0.717) is 30.4 Å². The summed E-state index contributed by atoms with van der Waals surface area (Å²) in [7, 11) is 0. The number of nitrogens with two attached hydrogens (primary N) is 2. The Morgan fingerprint density at radius 2 is 2.08 bits per heavy atom. The molecule has 2 aliphatic rings. The molecule has 2 heterocycles. The Morgan fingerprint density at radius 1 is 1.33 bits per heavy atom. The van der Waals surface area contributed by atoms with Gasteiger partial charge in [0, 0.05) is 40.7 Å². The second-order valence-corrected chi connectivity index (χ2v) is 7.03. The van der Waals surface area contributed by atoms with Crippen LogP contribution in [-0.4, -0.2) is 35.9 Å². The minimum atomic E-state index is -0.563. The molecule has 6 nitrogen and oxygen atoms in total. The highest BCUT2D eigenvalue weighted by atomic mass is 35.5. The lowest BCUT2D eigenvalue weighted by Crippen LogP contribution is -2.46. The first-order valence-electron chi connectivity index (χ1n) is 8.13. The molecule has 0 bridgehead atoms. The lowest BCUT2D eigenvalue weighted by atomic mass is 9.76. The van der Waals surface area contributed by atoms with Gasteiger partial charge in [-0.25, -0.2) is 0 Å². The Balaban J connectivity index is 1.76. The van der Waals surface area contributed by atoms with E-state index in [-0.39, 0.29) is 12.0 Å². The van der Waals surface area contributed by atoms with Crippen molar-refractivity contribution in [2.45, 2.75) is 37.0 Å². The summed E-state index contributed by atoms with van der Waals surface area (Å²) >= 11 is 6.15. The van der Waals surface area contributed by atoms with Gasteiger partial charge in [-0.15, -0.1) is 0 Å². The van der Waals surface area contributed by atoms with Gasteiger partial charge in [0.25, 0.3) is 5.91 Å². The molecule has 1 amide bonds. The number of nitrogens with one attached hydrogen (secondary N) is 1. The molecule has 2 aromatic rings. The quantitative estimate of drug-likeness (QED) is 0.773. The van der Waals surface area contributed by atoms with Crippen molar-refractivity contribution in [2.24, 2.45) is 11.5 Å². The van der Waals surface area contributed by atoms with Gasteiger partial charge in [-0.05, 0) is 30.2 Å². The van der Waals surface area contributed by atoms with Crippen molar-refractivity contribution in [1.82, 2.24) is 4.98 Å². The van der Waals surface area contributed by atoms with Crippen molar-refractivity contribution in [3.63, 3.8) is 0 Å². The number of primary amides is 1. The van der Waals surface area contributed by atoms with E-state index < -0.39 is 11.7 Å².